The van der Waals surface area contributed by atoms with E-state index in [0.717, 1.165) is 0 Å². The number of amides is 1. The Morgan fingerprint density at radius 3 is 2.72 bits per heavy atom. The number of nitrogens with zero attached hydrogens (tertiary/aromatic N) is 3. The smallest absolute Gasteiger partial charge is 0.340 e. The number of hydrogen-bond donors (Lipinski definition) is 2. The fourth-order valence-corrected chi connectivity index (χ4v) is 2.24. The standard InChI is InChI=1S/C14H9Cl2N5O4/c1-24-14(23)7-2-8(15)9(16)3-10(7)19-12(22)13-20-11(21-25-13)6-4-17-18-5-6/h2-5H,1H3,(H,17,18)(H,19,22). The zero-order valence-electron chi connectivity index (χ0n) is 12.5. The van der Waals surface area contributed by atoms with Gasteiger partial charge in [0.15, 0.2) is 0 Å². The number of hydrogen-bond acceptors (Lipinski definition) is 7. The summed E-state index contributed by atoms with van der Waals surface area (Å²) >= 11 is 11.8. The number of H-pyrrole nitrogens is 1. The van der Waals surface area contributed by atoms with Crippen LogP contribution in [0.5, 0.6) is 0 Å². The third kappa shape index (κ3) is 3.47. The van der Waals surface area contributed by atoms with Crippen molar-refractivity contribution in [3.8, 4) is 11.4 Å². The van der Waals surface area contributed by atoms with Gasteiger partial charge < -0.3 is 14.6 Å². The fourth-order valence-electron chi connectivity index (χ4n) is 1.91. The number of benzene rings is 1. The predicted octanol–water partition coefficient (Wildman–Crippen LogP) is 2.81. The van der Waals surface area contributed by atoms with Gasteiger partial charge in [0.1, 0.15) is 0 Å². The molecule has 9 nitrogen and oxygen atoms in total. The predicted molar refractivity (Wildman–Crippen MR) is 87.6 cm³/mol. The number of methoxy groups -OCH3 is 1. The Kier molecular flexibility index (Phi) is 4.68. The van der Waals surface area contributed by atoms with Gasteiger partial charge in [-0.05, 0) is 12.1 Å². The van der Waals surface area contributed by atoms with Crippen LogP contribution < -0.4 is 5.32 Å². The topological polar surface area (TPSA) is 123 Å². The van der Waals surface area contributed by atoms with Crippen LogP contribution in [0.1, 0.15) is 21.0 Å². The number of aromatic nitrogens is 4. The SMILES string of the molecule is COC(=O)c1cc(Cl)c(Cl)cc1NC(=O)c1nc(-c2cn[nH]c2)no1. The van der Waals surface area contributed by atoms with Crippen LogP contribution in [0.4, 0.5) is 5.69 Å². The molecule has 0 aliphatic carbocycles. The lowest BCUT2D eigenvalue weighted by Crippen LogP contribution is -2.16. The van der Waals surface area contributed by atoms with E-state index in [1.807, 2.05) is 0 Å². The first kappa shape index (κ1) is 16.9. The summed E-state index contributed by atoms with van der Waals surface area (Å²) in [5, 5.41) is 12.8. The van der Waals surface area contributed by atoms with Crippen molar-refractivity contribution in [2.75, 3.05) is 12.4 Å². The Balaban J connectivity index is 1.88. The molecule has 2 aromatic heterocycles. The van der Waals surface area contributed by atoms with Crippen LogP contribution in [0.2, 0.25) is 10.0 Å². The number of nitrogens with one attached hydrogen (secondary N) is 2. The quantitative estimate of drug-likeness (QED) is 0.665. The van der Waals surface area contributed by atoms with Crippen molar-refractivity contribution in [2.24, 2.45) is 0 Å². The van der Waals surface area contributed by atoms with Gasteiger partial charge in [-0.3, -0.25) is 9.89 Å². The van der Waals surface area contributed by atoms with Crippen molar-refractivity contribution >= 4 is 40.8 Å². The molecule has 0 atom stereocenters. The maximum Gasteiger partial charge on any atom is 0.340 e. The Hall–Kier alpha value is -2.91. The molecule has 3 aromatic rings. The molecule has 0 bridgehead atoms. The fraction of sp³-hybridized carbons (Fsp3) is 0.0714. The first-order chi connectivity index (χ1) is 12.0. The van der Waals surface area contributed by atoms with E-state index in [2.05, 4.69) is 30.4 Å². The average molecular weight is 382 g/mol. The van der Waals surface area contributed by atoms with E-state index in [4.69, 9.17) is 27.7 Å². The lowest BCUT2D eigenvalue weighted by molar-refractivity contribution is 0.0602. The van der Waals surface area contributed by atoms with Crippen LogP contribution in [0.3, 0.4) is 0 Å². The molecular weight excluding hydrogens is 373 g/mol. The normalized spacial score (nSPS) is 10.5. The molecule has 2 N–H and O–H groups in total. The van der Waals surface area contributed by atoms with Crippen molar-refractivity contribution in [2.45, 2.75) is 0 Å². The zero-order valence-corrected chi connectivity index (χ0v) is 14.1. The Bertz CT molecular complexity index is 939. The second kappa shape index (κ2) is 6.91. The highest BCUT2D eigenvalue weighted by Gasteiger charge is 2.21. The number of halogens is 2. The van der Waals surface area contributed by atoms with Crippen molar-refractivity contribution in [1.82, 2.24) is 20.3 Å². The molecule has 128 valence electrons. The van der Waals surface area contributed by atoms with Crippen molar-refractivity contribution in [3.63, 3.8) is 0 Å². The lowest BCUT2D eigenvalue weighted by Gasteiger charge is -2.10. The second-order valence-corrected chi connectivity index (χ2v) is 5.48. The van der Waals surface area contributed by atoms with E-state index < -0.39 is 11.9 Å². The van der Waals surface area contributed by atoms with Crippen LogP contribution in [0, 0.1) is 0 Å². The summed E-state index contributed by atoms with van der Waals surface area (Å²) in [7, 11) is 1.20. The molecule has 1 aromatic carbocycles. The highest BCUT2D eigenvalue weighted by molar-refractivity contribution is 6.42. The van der Waals surface area contributed by atoms with Gasteiger partial charge in [0.25, 0.3) is 0 Å². The molecule has 0 aliphatic rings. The summed E-state index contributed by atoms with van der Waals surface area (Å²) in [6, 6.07) is 2.61. The average Bonchev–Trinajstić information content (AvgIpc) is 3.28. The van der Waals surface area contributed by atoms with Crippen LogP contribution in [0.15, 0.2) is 29.0 Å². The maximum absolute atomic E-state index is 12.3. The first-order valence-electron chi connectivity index (χ1n) is 6.71. The molecule has 0 fully saturated rings. The van der Waals surface area contributed by atoms with Gasteiger partial charge in [-0.25, -0.2) is 4.79 Å². The minimum absolute atomic E-state index is 0.0276. The largest absolute Gasteiger partial charge is 0.465 e. The highest BCUT2D eigenvalue weighted by Crippen LogP contribution is 2.30. The minimum atomic E-state index is -0.731. The summed E-state index contributed by atoms with van der Waals surface area (Å²) in [6.45, 7) is 0. The third-order valence-corrected chi connectivity index (χ3v) is 3.81. The molecule has 0 unspecified atom stereocenters. The number of anilines is 1. The number of carbonyl (C=O) groups is 2. The van der Waals surface area contributed by atoms with E-state index in [1.54, 1.807) is 6.20 Å². The van der Waals surface area contributed by atoms with Gasteiger partial charge in [-0.2, -0.15) is 10.1 Å². The van der Waals surface area contributed by atoms with Crippen molar-refractivity contribution < 1.29 is 18.8 Å². The van der Waals surface area contributed by atoms with Gasteiger partial charge in [-0.1, -0.05) is 28.4 Å². The van der Waals surface area contributed by atoms with Crippen molar-refractivity contribution in [1.29, 1.82) is 0 Å². The summed E-state index contributed by atoms with van der Waals surface area (Å²) in [6.07, 6.45) is 3.02. The molecule has 1 amide bonds. The highest BCUT2D eigenvalue weighted by atomic mass is 35.5. The third-order valence-electron chi connectivity index (χ3n) is 3.09. The Labute approximate surface area is 150 Å². The zero-order chi connectivity index (χ0) is 18.0. The number of esters is 1. The molecular formula is C14H9Cl2N5O4. The van der Waals surface area contributed by atoms with E-state index in [-0.39, 0.29) is 33.0 Å². The van der Waals surface area contributed by atoms with E-state index in [0.29, 0.717) is 5.56 Å². The van der Waals surface area contributed by atoms with E-state index >= 15 is 0 Å². The molecule has 0 radical (unpaired) electrons. The Morgan fingerprint density at radius 2 is 2.04 bits per heavy atom. The monoisotopic (exact) mass is 381 g/mol. The molecule has 2 heterocycles. The van der Waals surface area contributed by atoms with Gasteiger partial charge >= 0.3 is 17.8 Å². The molecule has 0 saturated carbocycles. The van der Waals surface area contributed by atoms with Crippen LogP contribution in [-0.2, 0) is 4.74 Å². The van der Waals surface area contributed by atoms with Crippen LogP contribution in [0.25, 0.3) is 11.4 Å². The second-order valence-electron chi connectivity index (χ2n) is 4.67. The molecule has 0 saturated heterocycles. The number of ether oxygens (including phenoxy) is 1. The lowest BCUT2D eigenvalue weighted by atomic mass is 10.1. The van der Waals surface area contributed by atoms with Crippen LogP contribution in [-0.4, -0.2) is 39.3 Å². The van der Waals surface area contributed by atoms with Gasteiger partial charge in [-0.15, -0.1) is 0 Å². The van der Waals surface area contributed by atoms with Gasteiger partial charge in [0.2, 0.25) is 5.82 Å². The van der Waals surface area contributed by atoms with E-state index in [9.17, 15) is 9.59 Å². The molecule has 3 rings (SSSR count). The van der Waals surface area contributed by atoms with E-state index in [1.165, 1.54) is 25.4 Å². The molecule has 25 heavy (non-hydrogen) atoms. The maximum atomic E-state index is 12.3. The summed E-state index contributed by atoms with van der Waals surface area (Å²) < 4.78 is 9.57. The number of aromatic amines is 1. The molecule has 0 spiro atoms. The molecule has 0 aliphatic heterocycles. The van der Waals surface area contributed by atoms with Crippen molar-refractivity contribution in [3.05, 3.63) is 46.0 Å². The van der Waals surface area contributed by atoms with Gasteiger partial charge in [0.05, 0.1) is 40.2 Å². The number of rotatable bonds is 4. The summed E-state index contributed by atoms with van der Waals surface area (Å²) in [5.41, 5.74) is 0.668. The molecule has 11 heteroatoms. The first-order valence-corrected chi connectivity index (χ1v) is 7.46. The summed E-state index contributed by atoms with van der Waals surface area (Å²) in [5.74, 6) is -1.55. The minimum Gasteiger partial charge on any atom is -0.465 e. The number of carbonyl (C=O) groups excluding carboxylic acids is 2. The van der Waals surface area contributed by atoms with Gasteiger partial charge in [0, 0.05) is 6.20 Å². The Morgan fingerprint density at radius 1 is 1.28 bits per heavy atom. The van der Waals surface area contributed by atoms with Crippen LogP contribution >= 0.6 is 23.2 Å². The summed E-state index contributed by atoms with van der Waals surface area (Å²) in [4.78, 5) is 28.1.